The van der Waals surface area contributed by atoms with Gasteiger partial charge in [0.2, 0.25) is 11.0 Å². The highest BCUT2D eigenvalue weighted by Gasteiger charge is 2.13. The van der Waals surface area contributed by atoms with E-state index in [0.29, 0.717) is 27.2 Å². The Hall–Kier alpha value is -2.77. The van der Waals surface area contributed by atoms with Gasteiger partial charge < -0.3 is 5.32 Å². The van der Waals surface area contributed by atoms with Gasteiger partial charge in [-0.25, -0.2) is 4.98 Å². The van der Waals surface area contributed by atoms with Gasteiger partial charge in [-0.3, -0.25) is 4.79 Å². The second kappa shape index (κ2) is 10.0. The van der Waals surface area contributed by atoms with Gasteiger partial charge in [-0.2, -0.15) is 5.26 Å². The standard InChI is InChI=1S/C21H14ClN5OS3/c22-17-4-2-1-3-16(17)19-24-15(12-29-19)9-18(28)25-20-26-27-21(31-20)30-11-14-7-5-13(10-23)6-8-14/h1-8,12H,9,11H2,(H,25,26,28). The number of nitriles is 1. The molecular weight excluding hydrogens is 470 g/mol. The molecule has 0 bridgehead atoms. The molecule has 1 amide bonds. The first-order valence-corrected chi connectivity index (χ1v) is 12.1. The van der Waals surface area contributed by atoms with Crippen molar-refractivity contribution in [2.45, 2.75) is 16.5 Å². The Balaban J connectivity index is 1.31. The third-order valence-corrected chi connectivity index (χ3v) is 7.39. The molecule has 0 fully saturated rings. The molecule has 0 radical (unpaired) electrons. The van der Waals surface area contributed by atoms with Crippen molar-refractivity contribution in [3.05, 3.63) is 75.8 Å². The third kappa shape index (κ3) is 5.68. The van der Waals surface area contributed by atoms with Crippen LogP contribution in [0.15, 0.2) is 58.3 Å². The topological polar surface area (TPSA) is 91.6 Å². The maximum Gasteiger partial charge on any atom is 0.232 e. The molecule has 0 unspecified atom stereocenters. The highest BCUT2D eigenvalue weighted by atomic mass is 35.5. The van der Waals surface area contributed by atoms with E-state index in [2.05, 4.69) is 26.6 Å². The molecule has 0 aliphatic carbocycles. The van der Waals surface area contributed by atoms with Crippen molar-refractivity contribution in [2.75, 3.05) is 5.32 Å². The number of rotatable bonds is 7. The van der Waals surface area contributed by atoms with Crippen molar-refractivity contribution in [3.8, 4) is 16.6 Å². The summed E-state index contributed by atoms with van der Waals surface area (Å²) in [7, 11) is 0. The molecule has 0 saturated heterocycles. The minimum Gasteiger partial charge on any atom is -0.300 e. The molecule has 2 aromatic carbocycles. The molecule has 2 heterocycles. The second-order valence-corrected chi connectivity index (χ2v) is 9.78. The fourth-order valence-corrected chi connectivity index (χ4v) is 5.48. The molecule has 6 nitrogen and oxygen atoms in total. The smallest absolute Gasteiger partial charge is 0.232 e. The summed E-state index contributed by atoms with van der Waals surface area (Å²) < 4.78 is 0.759. The SMILES string of the molecule is N#Cc1ccc(CSc2nnc(NC(=O)Cc3csc(-c4ccccc4Cl)n3)s2)cc1. The molecule has 0 aliphatic rings. The molecule has 4 rings (SSSR count). The highest BCUT2D eigenvalue weighted by molar-refractivity contribution is 8.00. The van der Waals surface area contributed by atoms with Crippen molar-refractivity contribution in [2.24, 2.45) is 0 Å². The fraction of sp³-hybridized carbons (Fsp3) is 0.0952. The predicted molar refractivity (Wildman–Crippen MR) is 126 cm³/mol. The summed E-state index contributed by atoms with van der Waals surface area (Å²) in [6.07, 6.45) is 0.147. The number of halogens is 1. The van der Waals surface area contributed by atoms with E-state index in [1.807, 2.05) is 41.8 Å². The number of anilines is 1. The maximum absolute atomic E-state index is 12.4. The van der Waals surface area contributed by atoms with E-state index in [4.69, 9.17) is 16.9 Å². The fourth-order valence-electron chi connectivity index (χ4n) is 2.61. The van der Waals surface area contributed by atoms with Gasteiger partial charge in [0.25, 0.3) is 0 Å². The first-order valence-electron chi connectivity index (χ1n) is 9.05. The first-order chi connectivity index (χ1) is 15.1. The Labute approximate surface area is 196 Å². The zero-order valence-electron chi connectivity index (χ0n) is 15.9. The van der Waals surface area contributed by atoms with Gasteiger partial charge in [-0.15, -0.1) is 21.5 Å². The summed E-state index contributed by atoms with van der Waals surface area (Å²) >= 11 is 10.5. The van der Waals surface area contributed by atoms with Crippen molar-refractivity contribution < 1.29 is 4.79 Å². The monoisotopic (exact) mass is 483 g/mol. The van der Waals surface area contributed by atoms with Crippen LogP contribution in [0.3, 0.4) is 0 Å². The quantitative estimate of drug-likeness (QED) is 0.269. The van der Waals surface area contributed by atoms with Crippen molar-refractivity contribution >= 4 is 57.1 Å². The average molecular weight is 484 g/mol. The Kier molecular flexibility index (Phi) is 6.94. The van der Waals surface area contributed by atoms with Crippen LogP contribution in [0.5, 0.6) is 0 Å². The third-order valence-electron chi connectivity index (χ3n) is 4.10. The van der Waals surface area contributed by atoms with Crippen LogP contribution < -0.4 is 5.32 Å². The van der Waals surface area contributed by atoms with Crippen molar-refractivity contribution in [1.82, 2.24) is 15.2 Å². The van der Waals surface area contributed by atoms with Crippen LogP contribution in [0, 0.1) is 11.3 Å². The lowest BCUT2D eigenvalue weighted by Gasteiger charge is -2.00. The van der Waals surface area contributed by atoms with E-state index in [9.17, 15) is 4.79 Å². The van der Waals surface area contributed by atoms with Gasteiger partial charge in [0.1, 0.15) is 5.01 Å². The number of hydrogen-bond donors (Lipinski definition) is 1. The number of aromatic nitrogens is 3. The molecule has 0 aliphatic heterocycles. The number of thioether (sulfide) groups is 1. The van der Waals surface area contributed by atoms with Gasteiger partial charge in [0, 0.05) is 16.7 Å². The zero-order valence-corrected chi connectivity index (χ0v) is 19.1. The molecule has 31 heavy (non-hydrogen) atoms. The molecule has 4 aromatic rings. The van der Waals surface area contributed by atoms with Crippen molar-refractivity contribution in [3.63, 3.8) is 0 Å². The predicted octanol–water partition coefficient (Wildman–Crippen LogP) is 5.66. The van der Waals surface area contributed by atoms with Gasteiger partial charge in [-0.05, 0) is 23.8 Å². The Morgan fingerprint density at radius 2 is 1.97 bits per heavy atom. The van der Waals surface area contributed by atoms with Gasteiger partial charge in [0.15, 0.2) is 4.34 Å². The molecule has 1 N–H and O–H groups in total. The molecule has 0 atom stereocenters. The second-order valence-electron chi connectivity index (χ2n) is 6.32. The number of amides is 1. The lowest BCUT2D eigenvalue weighted by Crippen LogP contribution is -2.14. The number of nitrogens with zero attached hydrogens (tertiary/aromatic N) is 4. The van der Waals surface area contributed by atoms with E-state index >= 15 is 0 Å². The number of carbonyl (C=O) groups excluding carboxylic acids is 1. The molecule has 0 saturated carbocycles. The summed E-state index contributed by atoms with van der Waals surface area (Å²) in [6, 6.07) is 17.0. The minimum atomic E-state index is -0.198. The minimum absolute atomic E-state index is 0.147. The van der Waals surface area contributed by atoms with Crippen LogP contribution in [-0.2, 0) is 17.0 Å². The van der Waals surface area contributed by atoms with Gasteiger partial charge >= 0.3 is 0 Å². The number of thiazole rings is 1. The number of nitrogens with one attached hydrogen (secondary N) is 1. The highest BCUT2D eigenvalue weighted by Crippen LogP contribution is 2.31. The van der Waals surface area contributed by atoms with Gasteiger partial charge in [0.05, 0.1) is 28.8 Å². The normalized spacial score (nSPS) is 10.6. The van der Waals surface area contributed by atoms with Crippen LogP contribution in [-0.4, -0.2) is 21.1 Å². The Morgan fingerprint density at radius 1 is 1.16 bits per heavy atom. The van der Waals surface area contributed by atoms with Gasteiger partial charge in [-0.1, -0.05) is 65.0 Å². The van der Waals surface area contributed by atoms with Crippen LogP contribution in [0.1, 0.15) is 16.8 Å². The van der Waals surface area contributed by atoms with E-state index in [-0.39, 0.29) is 12.3 Å². The van der Waals surface area contributed by atoms with E-state index in [1.165, 1.54) is 34.4 Å². The summed E-state index contributed by atoms with van der Waals surface area (Å²) in [6.45, 7) is 0. The molecule has 154 valence electrons. The lowest BCUT2D eigenvalue weighted by atomic mass is 10.2. The van der Waals surface area contributed by atoms with E-state index in [1.54, 1.807) is 12.1 Å². The summed E-state index contributed by atoms with van der Waals surface area (Å²) in [5.41, 5.74) is 3.25. The molecule has 0 spiro atoms. The summed E-state index contributed by atoms with van der Waals surface area (Å²) in [4.78, 5) is 16.9. The number of hydrogen-bond acceptors (Lipinski definition) is 8. The zero-order chi connectivity index (χ0) is 21.6. The summed E-state index contributed by atoms with van der Waals surface area (Å²) in [5.74, 6) is 0.508. The summed E-state index contributed by atoms with van der Waals surface area (Å²) in [5, 5.41) is 23.5. The largest absolute Gasteiger partial charge is 0.300 e. The average Bonchev–Trinajstić information content (AvgIpc) is 3.42. The number of benzene rings is 2. The first kappa shape index (κ1) is 21.5. The Bertz CT molecular complexity index is 1250. The van der Waals surface area contributed by atoms with E-state index in [0.717, 1.165) is 20.5 Å². The molecule has 2 aromatic heterocycles. The van der Waals surface area contributed by atoms with Crippen LogP contribution >= 0.6 is 46.0 Å². The van der Waals surface area contributed by atoms with Crippen LogP contribution in [0.2, 0.25) is 5.02 Å². The number of carbonyl (C=O) groups is 1. The molecule has 10 heteroatoms. The maximum atomic E-state index is 12.4. The Morgan fingerprint density at radius 3 is 2.74 bits per heavy atom. The van der Waals surface area contributed by atoms with Crippen LogP contribution in [0.25, 0.3) is 10.6 Å². The van der Waals surface area contributed by atoms with Crippen LogP contribution in [0.4, 0.5) is 5.13 Å². The molecular formula is C21H14ClN5OS3. The van der Waals surface area contributed by atoms with E-state index < -0.39 is 0 Å². The van der Waals surface area contributed by atoms with Crippen molar-refractivity contribution in [1.29, 1.82) is 5.26 Å². The lowest BCUT2D eigenvalue weighted by molar-refractivity contribution is -0.115.